The van der Waals surface area contributed by atoms with E-state index in [0.29, 0.717) is 22.5 Å². The summed E-state index contributed by atoms with van der Waals surface area (Å²) in [7, 11) is 1.82. The standard InChI is InChI=1S/C23H32O2.C22H30O2/c1-3-22-12-9-19-18-8-6-17(24-2)15-16(18)5-7-20(19)21(22)10-13-23(22)11-4-14-25-23;1-2-21-11-8-18-17-7-5-16(23)14-15(17)4-6-19(18)20(21)9-12-22(21)10-3-13-24-22/h4-5,11,15,18-21H,3,6-10,12-14H2,1-2H3;3,10,14,17-20H,2,4-9,11-13H2,1H3/t18-,19?,20?,21?,22-,23-;17-,18?,19?,20?,21-,22-/m00/s1. The van der Waals surface area contributed by atoms with Gasteiger partial charge in [-0.1, -0.05) is 49.8 Å². The van der Waals surface area contributed by atoms with E-state index in [1.165, 1.54) is 101 Å². The highest BCUT2D eigenvalue weighted by molar-refractivity contribution is 5.91. The van der Waals surface area contributed by atoms with Gasteiger partial charge in [-0.15, -0.1) is 0 Å². The van der Waals surface area contributed by atoms with Gasteiger partial charge < -0.3 is 14.2 Å². The molecule has 0 amide bonds. The SMILES string of the molecule is CC[C@]12CCC3C(CC=C4C=C(OC)CC[C@@H]43)C1CC[C@@]21C=CCO1.CC[C@]12CCC3C(CCC4=CC(=O)CC[C@@H]43)C1CC[C@@]21C=CCO1. The zero-order chi connectivity index (χ0) is 33.4. The summed E-state index contributed by atoms with van der Waals surface area (Å²) in [6.07, 6.45) is 37.6. The number of ether oxygens (including phenoxy) is 3. The summed E-state index contributed by atoms with van der Waals surface area (Å²) in [5.41, 5.74) is 3.98. The Morgan fingerprint density at radius 1 is 0.694 bits per heavy atom. The van der Waals surface area contributed by atoms with Gasteiger partial charge in [-0.05, 0) is 161 Å². The first kappa shape index (κ1) is 33.0. The zero-order valence-corrected chi connectivity index (χ0v) is 30.7. The lowest BCUT2D eigenvalue weighted by Gasteiger charge is -2.56. The number of hydrogen-bond acceptors (Lipinski definition) is 4. The van der Waals surface area contributed by atoms with Crippen molar-refractivity contribution in [1.29, 1.82) is 0 Å². The number of carbonyl (C=O) groups excluding carboxylic acids is 1. The summed E-state index contributed by atoms with van der Waals surface area (Å²) in [6, 6.07) is 0. The molecule has 0 bridgehead atoms. The molecule has 6 unspecified atom stereocenters. The predicted octanol–water partition coefficient (Wildman–Crippen LogP) is 10.3. The first-order valence-electron chi connectivity index (χ1n) is 20.7. The molecule has 2 aliphatic heterocycles. The summed E-state index contributed by atoms with van der Waals surface area (Å²) in [5, 5.41) is 0. The van der Waals surface area contributed by atoms with Gasteiger partial charge in [0.2, 0.25) is 0 Å². The first-order valence-corrected chi connectivity index (χ1v) is 20.7. The molecule has 0 aromatic rings. The van der Waals surface area contributed by atoms with E-state index in [1.54, 1.807) is 5.57 Å². The molecule has 12 atom stereocenters. The Bertz CT molecular complexity index is 1480. The van der Waals surface area contributed by atoms with Gasteiger partial charge in [0.15, 0.2) is 5.78 Å². The van der Waals surface area contributed by atoms with Crippen LogP contribution in [0.3, 0.4) is 0 Å². The quantitative estimate of drug-likeness (QED) is 0.281. The van der Waals surface area contributed by atoms with Crippen LogP contribution < -0.4 is 0 Å². The van der Waals surface area contributed by atoms with E-state index >= 15 is 0 Å². The van der Waals surface area contributed by atoms with Crippen LogP contribution in [0.4, 0.5) is 0 Å². The van der Waals surface area contributed by atoms with Crippen molar-refractivity contribution in [3.05, 3.63) is 59.4 Å². The third-order valence-corrected chi connectivity index (χ3v) is 17.3. The van der Waals surface area contributed by atoms with Crippen LogP contribution in [0.5, 0.6) is 0 Å². The van der Waals surface area contributed by atoms with Crippen LogP contribution in [0.2, 0.25) is 0 Å². The summed E-state index contributed by atoms with van der Waals surface area (Å²) >= 11 is 0. The van der Waals surface area contributed by atoms with Gasteiger partial charge in [-0.3, -0.25) is 4.79 Å². The molecule has 266 valence electrons. The lowest BCUT2D eigenvalue weighted by Crippen LogP contribution is -2.53. The maximum Gasteiger partial charge on any atom is 0.155 e. The van der Waals surface area contributed by atoms with E-state index in [-0.39, 0.29) is 11.2 Å². The Hall–Kier alpha value is -1.91. The van der Waals surface area contributed by atoms with E-state index in [2.05, 4.69) is 50.3 Å². The number of allylic oxidation sites excluding steroid dienone is 5. The Kier molecular flexibility index (Phi) is 8.31. The third kappa shape index (κ3) is 4.70. The van der Waals surface area contributed by atoms with Crippen LogP contribution in [-0.4, -0.2) is 37.3 Å². The monoisotopic (exact) mass is 666 g/mol. The molecule has 4 nitrogen and oxygen atoms in total. The minimum absolute atomic E-state index is 0.0516. The molecule has 0 N–H and O–H groups in total. The van der Waals surface area contributed by atoms with Crippen LogP contribution in [0.25, 0.3) is 0 Å². The van der Waals surface area contributed by atoms with Crippen molar-refractivity contribution in [2.45, 2.75) is 134 Å². The molecule has 5 saturated carbocycles. The highest BCUT2D eigenvalue weighted by Crippen LogP contribution is 2.69. The molecule has 0 aromatic carbocycles. The van der Waals surface area contributed by atoms with Crippen molar-refractivity contribution in [2.24, 2.45) is 58.2 Å². The van der Waals surface area contributed by atoms with Gasteiger partial charge in [0.05, 0.1) is 37.3 Å². The average Bonchev–Trinajstić information content (AvgIpc) is 3.95. The predicted molar refractivity (Wildman–Crippen MR) is 195 cm³/mol. The smallest absolute Gasteiger partial charge is 0.155 e. The van der Waals surface area contributed by atoms with Gasteiger partial charge >= 0.3 is 0 Å². The molecule has 49 heavy (non-hydrogen) atoms. The highest BCUT2D eigenvalue weighted by Gasteiger charge is 2.66. The Balaban J connectivity index is 0.000000133. The molecule has 10 aliphatic rings. The number of rotatable bonds is 3. The van der Waals surface area contributed by atoms with E-state index in [9.17, 15) is 4.79 Å². The third-order valence-electron chi connectivity index (χ3n) is 17.3. The van der Waals surface area contributed by atoms with Crippen molar-refractivity contribution in [1.82, 2.24) is 0 Å². The first-order chi connectivity index (χ1) is 23.9. The number of fused-ring (bicyclic) bond motifs is 12. The van der Waals surface area contributed by atoms with Crippen molar-refractivity contribution in [3.8, 4) is 0 Å². The molecule has 2 spiro atoms. The molecule has 0 aromatic heterocycles. The van der Waals surface area contributed by atoms with Crippen LogP contribution in [-0.2, 0) is 19.0 Å². The number of carbonyl (C=O) groups is 1. The lowest BCUT2D eigenvalue weighted by molar-refractivity contribution is -0.124. The second-order valence-corrected chi connectivity index (χ2v) is 18.0. The molecular weight excluding hydrogens is 604 g/mol. The summed E-state index contributed by atoms with van der Waals surface area (Å²) in [4.78, 5) is 11.8. The van der Waals surface area contributed by atoms with E-state index in [1.807, 2.05) is 13.2 Å². The number of methoxy groups -OCH3 is 1. The summed E-state index contributed by atoms with van der Waals surface area (Å²) in [6.45, 7) is 6.48. The van der Waals surface area contributed by atoms with Gasteiger partial charge in [-0.2, -0.15) is 0 Å². The van der Waals surface area contributed by atoms with Crippen molar-refractivity contribution in [3.63, 3.8) is 0 Å². The maximum atomic E-state index is 11.8. The van der Waals surface area contributed by atoms with Gasteiger partial charge in [0, 0.05) is 23.7 Å². The fourth-order valence-corrected chi connectivity index (χ4v) is 15.3. The largest absolute Gasteiger partial charge is 0.501 e. The van der Waals surface area contributed by atoms with Crippen LogP contribution in [0.1, 0.15) is 123 Å². The van der Waals surface area contributed by atoms with Gasteiger partial charge in [-0.25, -0.2) is 0 Å². The van der Waals surface area contributed by atoms with Crippen LogP contribution in [0, 0.1) is 58.2 Å². The fourth-order valence-electron chi connectivity index (χ4n) is 15.3. The van der Waals surface area contributed by atoms with Crippen LogP contribution >= 0.6 is 0 Å². The number of hydrogen-bond donors (Lipinski definition) is 0. The Labute approximate surface area is 296 Å². The lowest BCUT2D eigenvalue weighted by atomic mass is 9.49. The maximum absolute atomic E-state index is 11.8. The Morgan fingerprint density at radius 3 is 1.94 bits per heavy atom. The molecule has 2 heterocycles. The summed E-state index contributed by atoms with van der Waals surface area (Å²) < 4.78 is 18.4. The second kappa shape index (κ2) is 12.4. The highest BCUT2D eigenvalue weighted by atomic mass is 16.5. The van der Waals surface area contributed by atoms with Gasteiger partial charge in [0.25, 0.3) is 0 Å². The average molecular weight is 667 g/mol. The second-order valence-electron chi connectivity index (χ2n) is 18.0. The minimum atomic E-state index is 0.0516. The number of ketones is 1. The zero-order valence-electron chi connectivity index (χ0n) is 30.7. The summed E-state index contributed by atoms with van der Waals surface area (Å²) in [5.74, 6) is 8.21. The van der Waals surface area contributed by atoms with E-state index < -0.39 is 0 Å². The fraction of sp³-hybridized carbons (Fsp3) is 0.756. The molecule has 10 rings (SSSR count). The molecule has 8 aliphatic carbocycles. The normalized spacial score (nSPS) is 48.7. The molecule has 5 fully saturated rings. The van der Waals surface area contributed by atoms with Crippen molar-refractivity contribution in [2.75, 3.05) is 20.3 Å². The topological polar surface area (TPSA) is 44.8 Å². The molecule has 4 heteroatoms. The molecule has 0 saturated heterocycles. The van der Waals surface area contributed by atoms with Gasteiger partial charge in [0.1, 0.15) is 0 Å². The molecule has 0 radical (unpaired) electrons. The minimum Gasteiger partial charge on any atom is -0.501 e. The van der Waals surface area contributed by atoms with Crippen molar-refractivity contribution < 1.29 is 19.0 Å². The Morgan fingerprint density at radius 2 is 1.33 bits per heavy atom. The van der Waals surface area contributed by atoms with Crippen LogP contribution in [0.15, 0.2) is 59.4 Å². The molecular formula is C45H62O4. The van der Waals surface area contributed by atoms with E-state index in [4.69, 9.17) is 14.2 Å². The van der Waals surface area contributed by atoms with Crippen molar-refractivity contribution >= 4 is 5.78 Å². The van der Waals surface area contributed by atoms with E-state index in [0.717, 1.165) is 73.9 Å².